The molecule has 21 heavy (non-hydrogen) atoms. The standard InChI is InChI=1S/C13H8F6N2/c14-7-4-8(15)12(16)11(5-7)21-10-2-1-6(3-9(10)20)13(17,18)19/h1-5,21H,20H2. The first-order chi connectivity index (χ1) is 9.68. The molecule has 112 valence electrons. The Hall–Kier alpha value is -2.38. The maximum absolute atomic E-state index is 13.4. The van der Waals surface area contributed by atoms with Gasteiger partial charge in [-0.1, -0.05) is 0 Å². The van der Waals surface area contributed by atoms with Gasteiger partial charge in [-0.05, 0) is 18.2 Å². The maximum atomic E-state index is 13.4. The average Bonchev–Trinajstić information content (AvgIpc) is 2.36. The molecule has 0 aromatic heterocycles. The molecule has 0 atom stereocenters. The zero-order valence-electron chi connectivity index (χ0n) is 10.2. The molecular formula is C13H8F6N2. The van der Waals surface area contributed by atoms with Crippen LogP contribution >= 0.6 is 0 Å². The predicted octanol–water partition coefficient (Wildman–Crippen LogP) is 4.45. The molecule has 0 aliphatic heterocycles. The van der Waals surface area contributed by atoms with Crippen molar-refractivity contribution in [3.63, 3.8) is 0 Å². The number of hydrogen-bond donors (Lipinski definition) is 2. The van der Waals surface area contributed by atoms with Gasteiger partial charge < -0.3 is 11.1 Å². The molecule has 0 saturated carbocycles. The second kappa shape index (κ2) is 5.19. The first kappa shape index (κ1) is 15.0. The van der Waals surface area contributed by atoms with Gasteiger partial charge in [0.1, 0.15) is 5.82 Å². The smallest absolute Gasteiger partial charge is 0.397 e. The van der Waals surface area contributed by atoms with Crippen molar-refractivity contribution >= 4 is 17.1 Å². The molecule has 2 aromatic carbocycles. The van der Waals surface area contributed by atoms with Crippen molar-refractivity contribution in [2.24, 2.45) is 0 Å². The Labute approximate surface area is 115 Å². The summed E-state index contributed by atoms with van der Waals surface area (Å²) in [5.74, 6) is -3.83. The Bertz CT molecular complexity index is 681. The SMILES string of the molecule is Nc1cc(C(F)(F)F)ccc1Nc1cc(F)cc(F)c1F. The summed E-state index contributed by atoms with van der Waals surface area (Å²) in [6.07, 6.45) is -4.58. The number of anilines is 3. The predicted molar refractivity (Wildman–Crippen MR) is 65.5 cm³/mol. The lowest BCUT2D eigenvalue weighted by molar-refractivity contribution is -0.137. The van der Waals surface area contributed by atoms with Crippen LogP contribution in [0.2, 0.25) is 0 Å². The number of rotatable bonds is 2. The van der Waals surface area contributed by atoms with Crippen LogP contribution in [-0.4, -0.2) is 0 Å². The normalized spacial score (nSPS) is 11.5. The van der Waals surface area contributed by atoms with Crippen molar-refractivity contribution in [2.75, 3.05) is 11.1 Å². The van der Waals surface area contributed by atoms with Gasteiger partial charge in [0.15, 0.2) is 11.6 Å². The number of nitrogens with two attached hydrogens (primary N) is 1. The summed E-state index contributed by atoms with van der Waals surface area (Å²) in [6, 6.07) is 3.30. The number of alkyl halides is 3. The highest BCUT2D eigenvalue weighted by Crippen LogP contribution is 2.34. The summed E-state index contributed by atoms with van der Waals surface area (Å²) in [5.41, 5.74) is 3.42. The van der Waals surface area contributed by atoms with Gasteiger partial charge in [-0.3, -0.25) is 0 Å². The van der Waals surface area contributed by atoms with E-state index < -0.39 is 34.9 Å². The number of nitrogen functional groups attached to an aromatic ring is 1. The third-order valence-corrected chi connectivity index (χ3v) is 2.64. The minimum Gasteiger partial charge on any atom is -0.397 e. The molecule has 0 bridgehead atoms. The molecule has 0 spiro atoms. The highest BCUT2D eigenvalue weighted by Gasteiger charge is 2.30. The lowest BCUT2D eigenvalue weighted by atomic mass is 10.1. The van der Waals surface area contributed by atoms with Crippen molar-refractivity contribution in [3.05, 3.63) is 53.3 Å². The molecule has 0 aliphatic carbocycles. The number of halogens is 6. The Morgan fingerprint density at radius 1 is 0.905 bits per heavy atom. The summed E-state index contributed by atoms with van der Waals surface area (Å²) in [6.45, 7) is 0. The Morgan fingerprint density at radius 2 is 1.57 bits per heavy atom. The van der Waals surface area contributed by atoms with Gasteiger partial charge in [-0.15, -0.1) is 0 Å². The molecule has 0 radical (unpaired) electrons. The largest absolute Gasteiger partial charge is 0.416 e. The molecule has 0 heterocycles. The van der Waals surface area contributed by atoms with Crippen molar-refractivity contribution < 1.29 is 26.3 Å². The summed E-state index contributed by atoms with van der Waals surface area (Å²) >= 11 is 0. The van der Waals surface area contributed by atoms with Crippen LogP contribution in [0.4, 0.5) is 43.4 Å². The molecule has 8 heteroatoms. The van der Waals surface area contributed by atoms with Crippen LogP contribution in [0.1, 0.15) is 5.56 Å². The quantitative estimate of drug-likeness (QED) is 0.489. The summed E-state index contributed by atoms with van der Waals surface area (Å²) in [5, 5.41) is 2.25. The third-order valence-electron chi connectivity index (χ3n) is 2.64. The first-order valence-electron chi connectivity index (χ1n) is 5.57. The van der Waals surface area contributed by atoms with E-state index in [2.05, 4.69) is 5.32 Å². The number of nitrogens with one attached hydrogen (secondary N) is 1. The van der Waals surface area contributed by atoms with E-state index in [0.717, 1.165) is 6.07 Å². The van der Waals surface area contributed by atoms with Gasteiger partial charge in [0, 0.05) is 12.1 Å². The molecule has 0 amide bonds. The van der Waals surface area contributed by atoms with Crippen LogP contribution in [-0.2, 0) is 6.18 Å². The van der Waals surface area contributed by atoms with E-state index in [4.69, 9.17) is 5.73 Å². The molecule has 0 fully saturated rings. The monoisotopic (exact) mass is 306 g/mol. The molecule has 0 unspecified atom stereocenters. The molecule has 0 aliphatic rings. The van der Waals surface area contributed by atoms with Gasteiger partial charge >= 0.3 is 6.18 Å². The zero-order chi connectivity index (χ0) is 15.8. The highest BCUT2D eigenvalue weighted by atomic mass is 19.4. The fourth-order valence-corrected chi connectivity index (χ4v) is 1.64. The van der Waals surface area contributed by atoms with Crippen LogP contribution in [0.3, 0.4) is 0 Å². The van der Waals surface area contributed by atoms with Crippen molar-refractivity contribution in [3.8, 4) is 0 Å². The van der Waals surface area contributed by atoms with Gasteiger partial charge in [0.2, 0.25) is 0 Å². The second-order valence-electron chi connectivity index (χ2n) is 4.17. The second-order valence-corrected chi connectivity index (χ2v) is 4.17. The summed E-state index contributed by atoms with van der Waals surface area (Å²) < 4.78 is 76.9. The van der Waals surface area contributed by atoms with Gasteiger partial charge in [0.05, 0.1) is 22.6 Å². The van der Waals surface area contributed by atoms with E-state index in [1.54, 1.807) is 0 Å². The van der Waals surface area contributed by atoms with Crippen molar-refractivity contribution in [2.45, 2.75) is 6.18 Å². The van der Waals surface area contributed by atoms with Crippen molar-refractivity contribution in [1.82, 2.24) is 0 Å². The lowest BCUT2D eigenvalue weighted by Crippen LogP contribution is -2.07. The molecule has 2 nitrogen and oxygen atoms in total. The van der Waals surface area contributed by atoms with E-state index in [0.29, 0.717) is 24.3 Å². The zero-order valence-corrected chi connectivity index (χ0v) is 10.2. The fraction of sp³-hybridized carbons (Fsp3) is 0.0769. The highest BCUT2D eigenvalue weighted by molar-refractivity contribution is 5.73. The van der Waals surface area contributed by atoms with Gasteiger partial charge in [-0.2, -0.15) is 13.2 Å². The van der Waals surface area contributed by atoms with Gasteiger partial charge in [-0.25, -0.2) is 13.2 Å². The van der Waals surface area contributed by atoms with E-state index in [1.807, 2.05) is 0 Å². The molecular weight excluding hydrogens is 298 g/mol. The maximum Gasteiger partial charge on any atom is 0.416 e. The lowest BCUT2D eigenvalue weighted by Gasteiger charge is -2.13. The first-order valence-corrected chi connectivity index (χ1v) is 5.57. The Morgan fingerprint density at radius 3 is 2.14 bits per heavy atom. The van der Waals surface area contributed by atoms with E-state index in [1.165, 1.54) is 0 Å². The number of hydrogen-bond acceptors (Lipinski definition) is 2. The van der Waals surface area contributed by atoms with Crippen LogP contribution < -0.4 is 11.1 Å². The topological polar surface area (TPSA) is 38.0 Å². The van der Waals surface area contributed by atoms with E-state index >= 15 is 0 Å². The minimum absolute atomic E-state index is 0.105. The fourth-order valence-electron chi connectivity index (χ4n) is 1.64. The van der Waals surface area contributed by atoms with E-state index in [9.17, 15) is 26.3 Å². The average molecular weight is 306 g/mol. The Balaban J connectivity index is 2.37. The molecule has 0 saturated heterocycles. The molecule has 2 aromatic rings. The molecule has 3 N–H and O–H groups in total. The third kappa shape index (κ3) is 3.21. The van der Waals surface area contributed by atoms with Crippen LogP contribution in [0.25, 0.3) is 0 Å². The van der Waals surface area contributed by atoms with Crippen LogP contribution in [0.5, 0.6) is 0 Å². The summed E-state index contributed by atoms with van der Waals surface area (Å²) in [7, 11) is 0. The van der Waals surface area contributed by atoms with Crippen LogP contribution in [0.15, 0.2) is 30.3 Å². The Kier molecular flexibility index (Phi) is 3.71. The summed E-state index contributed by atoms with van der Waals surface area (Å²) in [4.78, 5) is 0. The van der Waals surface area contributed by atoms with E-state index in [-0.39, 0.29) is 11.4 Å². The minimum atomic E-state index is -4.58. The number of benzene rings is 2. The van der Waals surface area contributed by atoms with Crippen molar-refractivity contribution in [1.29, 1.82) is 0 Å². The van der Waals surface area contributed by atoms with Gasteiger partial charge in [0.25, 0.3) is 0 Å². The van der Waals surface area contributed by atoms with Crippen LogP contribution in [0, 0.1) is 17.5 Å². The molecule has 2 rings (SSSR count).